The lowest BCUT2D eigenvalue weighted by atomic mass is 10.1. The van der Waals surface area contributed by atoms with Gasteiger partial charge in [-0.1, -0.05) is 26.8 Å². The monoisotopic (exact) mass is 402 g/mol. The number of nitrogens with one attached hydrogen (secondary N) is 2. The minimum atomic E-state index is -0.0372. The zero-order valence-electron chi connectivity index (χ0n) is 17.7. The Balaban J connectivity index is 2.20. The van der Waals surface area contributed by atoms with Crippen LogP contribution >= 0.6 is 12.2 Å². The van der Waals surface area contributed by atoms with Gasteiger partial charge in [-0.15, -0.1) is 0 Å². The summed E-state index contributed by atoms with van der Waals surface area (Å²) in [4.78, 5) is 20.2. The molecular formula is C22H34N4OS. The lowest BCUT2D eigenvalue weighted by molar-refractivity contribution is 0.279. The Kier molecular flexibility index (Phi) is 8.93. The molecule has 0 aliphatic heterocycles. The van der Waals surface area contributed by atoms with Crippen molar-refractivity contribution in [3.8, 4) is 0 Å². The van der Waals surface area contributed by atoms with E-state index in [9.17, 15) is 4.79 Å². The second-order valence-electron chi connectivity index (χ2n) is 7.04. The molecule has 1 heterocycles. The van der Waals surface area contributed by atoms with E-state index >= 15 is 0 Å². The summed E-state index contributed by atoms with van der Waals surface area (Å²) < 4.78 is 0. The summed E-state index contributed by atoms with van der Waals surface area (Å²) in [6.45, 7) is 13.8. The highest BCUT2D eigenvalue weighted by Gasteiger charge is 2.13. The number of aromatic nitrogens is 1. The van der Waals surface area contributed by atoms with E-state index in [0.717, 1.165) is 62.0 Å². The molecule has 1 aromatic carbocycles. The first-order valence-corrected chi connectivity index (χ1v) is 10.8. The van der Waals surface area contributed by atoms with E-state index in [2.05, 4.69) is 53.0 Å². The first kappa shape index (κ1) is 22.4. The molecule has 0 aliphatic carbocycles. The highest BCUT2D eigenvalue weighted by Crippen LogP contribution is 2.15. The average molecular weight is 403 g/mol. The van der Waals surface area contributed by atoms with Crippen LogP contribution in [0.5, 0.6) is 0 Å². The van der Waals surface area contributed by atoms with Crippen molar-refractivity contribution in [2.24, 2.45) is 0 Å². The van der Waals surface area contributed by atoms with Crippen molar-refractivity contribution in [2.45, 2.75) is 47.1 Å². The van der Waals surface area contributed by atoms with Crippen molar-refractivity contribution in [1.29, 1.82) is 0 Å². The highest BCUT2D eigenvalue weighted by atomic mass is 32.1. The van der Waals surface area contributed by atoms with Gasteiger partial charge >= 0.3 is 0 Å². The number of H-pyrrole nitrogens is 1. The third-order valence-corrected chi connectivity index (χ3v) is 5.57. The van der Waals surface area contributed by atoms with Crippen LogP contribution in [0.15, 0.2) is 29.1 Å². The number of hydrogen-bond donors (Lipinski definition) is 2. The first-order valence-electron chi connectivity index (χ1n) is 10.4. The molecule has 0 saturated carbocycles. The summed E-state index contributed by atoms with van der Waals surface area (Å²) in [6.07, 6.45) is 1.99. The Morgan fingerprint density at radius 1 is 1.11 bits per heavy atom. The van der Waals surface area contributed by atoms with Crippen LogP contribution in [0.1, 0.15) is 45.2 Å². The maximum Gasteiger partial charge on any atom is 0.253 e. The SMILES string of the molecule is CCNC(=S)N(CCCN(CC)CC)Cc1cc2cc(CC)ccc2[nH]c1=O. The molecule has 0 atom stereocenters. The van der Waals surface area contributed by atoms with E-state index in [0.29, 0.717) is 11.7 Å². The molecule has 0 bridgehead atoms. The number of rotatable bonds is 10. The van der Waals surface area contributed by atoms with Crippen molar-refractivity contribution in [3.63, 3.8) is 0 Å². The number of hydrogen-bond acceptors (Lipinski definition) is 3. The second-order valence-corrected chi connectivity index (χ2v) is 7.42. The number of benzene rings is 1. The Hall–Kier alpha value is -1.92. The fraction of sp³-hybridized carbons (Fsp3) is 0.545. The fourth-order valence-electron chi connectivity index (χ4n) is 3.38. The standard InChI is InChI=1S/C22H34N4OS/c1-5-17-10-11-20-18(14-17)15-19(21(27)24-20)16-26(22(28)23-6-2)13-9-12-25(7-3)8-4/h10-11,14-15H,5-9,12-13,16H2,1-4H3,(H,23,28)(H,24,27). The molecule has 154 valence electrons. The number of pyridine rings is 1. The molecule has 5 nitrogen and oxygen atoms in total. The largest absolute Gasteiger partial charge is 0.363 e. The van der Waals surface area contributed by atoms with Gasteiger partial charge in [-0.3, -0.25) is 4.79 Å². The summed E-state index contributed by atoms with van der Waals surface area (Å²) in [6, 6.07) is 8.23. The Labute approximate surface area is 174 Å². The Morgan fingerprint density at radius 2 is 1.86 bits per heavy atom. The molecule has 0 spiro atoms. The normalized spacial score (nSPS) is 11.2. The fourth-order valence-corrected chi connectivity index (χ4v) is 3.68. The van der Waals surface area contributed by atoms with Crippen molar-refractivity contribution in [3.05, 3.63) is 45.7 Å². The summed E-state index contributed by atoms with van der Waals surface area (Å²) >= 11 is 5.58. The van der Waals surface area contributed by atoms with E-state index in [-0.39, 0.29) is 5.56 Å². The van der Waals surface area contributed by atoms with Crippen molar-refractivity contribution >= 4 is 28.2 Å². The van der Waals surface area contributed by atoms with Crippen LogP contribution in [0.25, 0.3) is 10.9 Å². The minimum absolute atomic E-state index is 0.0372. The van der Waals surface area contributed by atoms with Gasteiger partial charge in [-0.2, -0.15) is 0 Å². The Morgan fingerprint density at radius 3 is 2.50 bits per heavy atom. The van der Waals surface area contributed by atoms with Gasteiger partial charge in [-0.25, -0.2) is 0 Å². The lowest BCUT2D eigenvalue weighted by Crippen LogP contribution is -2.41. The van der Waals surface area contributed by atoms with Gasteiger partial charge in [0.25, 0.3) is 5.56 Å². The minimum Gasteiger partial charge on any atom is -0.363 e. The molecular weight excluding hydrogens is 368 g/mol. The van der Waals surface area contributed by atoms with Gasteiger partial charge in [-0.05, 0) is 80.8 Å². The van der Waals surface area contributed by atoms with Crippen molar-refractivity contribution < 1.29 is 0 Å². The van der Waals surface area contributed by atoms with Crippen molar-refractivity contribution in [1.82, 2.24) is 20.1 Å². The van der Waals surface area contributed by atoms with E-state index in [1.165, 1.54) is 5.56 Å². The van der Waals surface area contributed by atoms with Crippen molar-refractivity contribution in [2.75, 3.05) is 32.7 Å². The summed E-state index contributed by atoms with van der Waals surface area (Å²) in [5, 5.41) is 5.03. The van der Waals surface area contributed by atoms with E-state index < -0.39 is 0 Å². The van der Waals surface area contributed by atoms with Gasteiger partial charge < -0.3 is 20.1 Å². The molecule has 0 fully saturated rings. The number of aromatic amines is 1. The van der Waals surface area contributed by atoms with Crippen LogP contribution in [0, 0.1) is 0 Å². The van der Waals surface area contributed by atoms with Gasteiger partial charge in [0.15, 0.2) is 5.11 Å². The van der Waals surface area contributed by atoms with Gasteiger partial charge in [0.05, 0.1) is 6.54 Å². The van der Waals surface area contributed by atoms with Crippen LogP contribution in [-0.2, 0) is 13.0 Å². The lowest BCUT2D eigenvalue weighted by Gasteiger charge is -2.27. The molecule has 0 unspecified atom stereocenters. The van der Waals surface area contributed by atoms with Gasteiger partial charge in [0.1, 0.15) is 0 Å². The third-order valence-electron chi connectivity index (χ3n) is 5.17. The van der Waals surface area contributed by atoms with E-state index in [1.54, 1.807) is 0 Å². The molecule has 2 aromatic rings. The number of fused-ring (bicyclic) bond motifs is 1. The first-order chi connectivity index (χ1) is 13.5. The molecule has 0 amide bonds. The van der Waals surface area contributed by atoms with E-state index in [4.69, 9.17) is 12.2 Å². The molecule has 0 saturated heterocycles. The number of aryl methyl sites for hydroxylation is 1. The molecule has 1 aromatic heterocycles. The molecule has 6 heteroatoms. The maximum absolute atomic E-state index is 12.6. The molecule has 0 radical (unpaired) electrons. The molecule has 2 N–H and O–H groups in total. The number of nitrogens with zero attached hydrogens (tertiary/aromatic N) is 2. The molecule has 0 aliphatic rings. The topological polar surface area (TPSA) is 51.4 Å². The Bertz CT molecular complexity index is 829. The second kappa shape index (κ2) is 11.2. The summed E-state index contributed by atoms with van der Waals surface area (Å²) in [7, 11) is 0. The quantitative estimate of drug-likeness (QED) is 0.596. The van der Waals surface area contributed by atoms with Crippen LogP contribution in [0.4, 0.5) is 0 Å². The number of thiocarbonyl (C=S) groups is 1. The maximum atomic E-state index is 12.6. The zero-order valence-corrected chi connectivity index (χ0v) is 18.5. The molecule has 28 heavy (non-hydrogen) atoms. The zero-order chi connectivity index (χ0) is 20.5. The van der Waals surface area contributed by atoms with Gasteiger partial charge in [0.2, 0.25) is 0 Å². The van der Waals surface area contributed by atoms with Gasteiger partial charge in [0, 0.05) is 24.2 Å². The predicted molar refractivity (Wildman–Crippen MR) is 123 cm³/mol. The van der Waals surface area contributed by atoms with Crippen LogP contribution < -0.4 is 10.9 Å². The molecule has 2 rings (SSSR count). The van der Waals surface area contributed by atoms with Crippen LogP contribution in [0.3, 0.4) is 0 Å². The van der Waals surface area contributed by atoms with E-state index in [1.807, 2.05) is 19.1 Å². The smallest absolute Gasteiger partial charge is 0.253 e. The van der Waals surface area contributed by atoms with Crippen LogP contribution in [-0.4, -0.2) is 52.6 Å². The van der Waals surface area contributed by atoms with Crippen LogP contribution in [0.2, 0.25) is 0 Å². The predicted octanol–water partition coefficient (Wildman–Crippen LogP) is 3.52. The highest BCUT2D eigenvalue weighted by molar-refractivity contribution is 7.80. The average Bonchev–Trinajstić information content (AvgIpc) is 2.70. The summed E-state index contributed by atoms with van der Waals surface area (Å²) in [5.41, 5.74) is 2.87. The third kappa shape index (κ3) is 6.04. The summed E-state index contributed by atoms with van der Waals surface area (Å²) in [5.74, 6) is 0.